The molecule has 0 aliphatic rings. The van der Waals surface area contributed by atoms with Gasteiger partial charge < -0.3 is 4.90 Å². The molecule has 78 valence electrons. The van der Waals surface area contributed by atoms with E-state index >= 15 is 0 Å². The van der Waals surface area contributed by atoms with Gasteiger partial charge in [0.15, 0.2) is 0 Å². The Labute approximate surface area is 82.3 Å². The quantitative estimate of drug-likeness (QED) is 0.606. The van der Waals surface area contributed by atoms with Crippen molar-refractivity contribution in [3.8, 4) is 0 Å². The summed E-state index contributed by atoms with van der Waals surface area (Å²) in [5.41, 5.74) is 0. The third kappa shape index (κ3) is 6.76. The van der Waals surface area contributed by atoms with Gasteiger partial charge >= 0.3 is 0 Å². The van der Waals surface area contributed by atoms with E-state index in [9.17, 15) is 4.79 Å². The lowest BCUT2D eigenvalue weighted by atomic mass is 10.1. The fourth-order valence-electron chi connectivity index (χ4n) is 1.38. The maximum atomic E-state index is 11.4. The minimum Gasteiger partial charge on any atom is -0.303 e. The molecule has 0 atom stereocenters. The van der Waals surface area contributed by atoms with Crippen LogP contribution in [0.5, 0.6) is 0 Å². The summed E-state index contributed by atoms with van der Waals surface area (Å²) in [6.45, 7) is 11.5. The summed E-state index contributed by atoms with van der Waals surface area (Å²) in [5, 5.41) is 0. The zero-order valence-corrected chi connectivity index (χ0v) is 9.47. The molecule has 0 N–H and O–H groups in total. The maximum absolute atomic E-state index is 11.4. The fourth-order valence-corrected chi connectivity index (χ4v) is 1.38. The van der Waals surface area contributed by atoms with Gasteiger partial charge in [-0.3, -0.25) is 4.79 Å². The van der Waals surface area contributed by atoms with Crippen LogP contribution in [-0.2, 0) is 4.79 Å². The molecule has 2 heteroatoms. The van der Waals surface area contributed by atoms with Gasteiger partial charge in [-0.05, 0) is 19.0 Å². The molecule has 0 rings (SSSR count). The molecule has 0 spiro atoms. The minimum absolute atomic E-state index is 0.405. The van der Waals surface area contributed by atoms with E-state index in [4.69, 9.17) is 0 Å². The maximum Gasteiger partial charge on any atom is 0.134 e. The van der Waals surface area contributed by atoms with Crippen LogP contribution in [0.2, 0.25) is 0 Å². The molecule has 13 heavy (non-hydrogen) atoms. The molecule has 0 aromatic carbocycles. The first kappa shape index (κ1) is 12.6. The fraction of sp³-hybridized carbons (Fsp3) is 0.909. The van der Waals surface area contributed by atoms with Gasteiger partial charge in [-0.2, -0.15) is 0 Å². The highest BCUT2D eigenvalue weighted by atomic mass is 16.1. The standard InChI is InChI=1S/C11H23NO/c1-5-12(6-2)8-7-11(13)9-10(3)4/h10H,5-9H2,1-4H3. The van der Waals surface area contributed by atoms with Gasteiger partial charge in [-0.25, -0.2) is 0 Å². The van der Waals surface area contributed by atoms with Crippen LogP contribution in [0.15, 0.2) is 0 Å². The van der Waals surface area contributed by atoms with Gasteiger partial charge in [0.1, 0.15) is 5.78 Å². The van der Waals surface area contributed by atoms with Gasteiger partial charge in [0.2, 0.25) is 0 Å². The Bertz CT molecular complexity index is 139. The van der Waals surface area contributed by atoms with E-state index in [1.165, 1.54) is 0 Å². The summed E-state index contributed by atoms with van der Waals surface area (Å²) in [4.78, 5) is 13.7. The van der Waals surface area contributed by atoms with Gasteiger partial charge in [-0.15, -0.1) is 0 Å². The molecule has 0 aromatic heterocycles. The average molecular weight is 185 g/mol. The van der Waals surface area contributed by atoms with E-state index in [0.717, 1.165) is 32.5 Å². The number of carbonyl (C=O) groups is 1. The van der Waals surface area contributed by atoms with E-state index in [2.05, 4.69) is 32.6 Å². The topological polar surface area (TPSA) is 20.3 Å². The van der Waals surface area contributed by atoms with Crippen molar-refractivity contribution < 1.29 is 4.79 Å². The number of hydrogen-bond donors (Lipinski definition) is 0. The van der Waals surface area contributed by atoms with E-state index in [1.807, 2.05) is 0 Å². The zero-order valence-electron chi connectivity index (χ0n) is 9.47. The second-order valence-electron chi connectivity index (χ2n) is 3.91. The number of rotatable bonds is 7. The summed E-state index contributed by atoms with van der Waals surface area (Å²) in [5.74, 6) is 0.908. The normalized spacial score (nSPS) is 11.2. The Morgan fingerprint density at radius 1 is 1.23 bits per heavy atom. The summed E-state index contributed by atoms with van der Waals surface area (Å²) in [6.07, 6.45) is 1.46. The highest BCUT2D eigenvalue weighted by Crippen LogP contribution is 2.03. The van der Waals surface area contributed by atoms with Gasteiger partial charge in [0, 0.05) is 19.4 Å². The molecule has 2 nitrogen and oxygen atoms in total. The Morgan fingerprint density at radius 2 is 1.77 bits per heavy atom. The van der Waals surface area contributed by atoms with Crippen molar-refractivity contribution in [2.75, 3.05) is 19.6 Å². The third-order valence-electron chi connectivity index (χ3n) is 2.24. The smallest absolute Gasteiger partial charge is 0.134 e. The van der Waals surface area contributed by atoms with Crippen molar-refractivity contribution >= 4 is 5.78 Å². The molecular formula is C11H23NO. The Balaban J connectivity index is 3.56. The molecule has 0 aliphatic heterocycles. The number of nitrogens with zero attached hydrogens (tertiary/aromatic N) is 1. The summed E-state index contributed by atoms with van der Waals surface area (Å²) in [6, 6.07) is 0. The number of carbonyl (C=O) groups excluding carboxylic acids is 1. The predicted octanol–water partition coefficient (Wildman–Crippen LogP) is 2.33. The Hall–Kier alpha value is -0.370. The van der Waals surface area contributed by atoms with Crippen molar-refractivity contribution in [2.45, 2.75) is 40.5 Å². The molecule has 0 heterocycles. The van der Waals surface area contributed by atoms with Crippen LogP contribution in [0.3, 0.4) is 0 Å². The van der Waals surface area contributed by atoms with Gasteiger partial charge in [-0.1, -0.05) is 27.7 Å². The summed E-state index contributed by atoms with van der Waals surface area (Å²) < 4.78 is 0. The predicted molar refractivity (Wildman–Crippen MR) is 56.9 cm³/mol. The highest BCUT2D eigenvalue weighted by molar-refractivity contribution is 5.78. The molecule has 0 unspecified atom stereocenters. The van der Waals surface area contributed by atoms with E-state index in [1.54, 1.807) is 0 Å². The lowest BCUT2D eigenvalue weighted by Crippen LogP contribution is -2.25. The van der Waals surface area contributed by atoms with E-state index in [-0.39, 0.29) is 0 Å². The lowest BCUT2D eigenvalue weighted by Gasteiger charge is -2.17. The molecule has 0 bridgehead atoms. The molecule has 0 saturated carbocycles. The van der Waals surface area contributed by atoms with Crippen LogP contribution in [0.1, 0.15) is 40.5 Å². The van der Waals surface area contributed by atoms with Crippen molar-refractivity contribution in [2.24, 2.45) is 5.92 Å². The SMILES string of the molecule is CCN(CC)CCC(=O)CC(C)C. The highest BCUT2D eigenvalue weighted by Gasteiger charge is 2.06. The second kappa shape index (κ2) is 7.07. The largest absolute Gasteiger partial charge is 0.303 e. The van der Waals surface area contributed by atoms with Crippen molar-refractivity contribution in [3.05, 3.63) is 0 Å². The number of Topliss-reactive ketones (excluding diaryl/α,β-unsaturated/α-hetero) is 1. The van der Waals surface area contributed by atoms with Crippen LogP contribution < -0.4 is 0 Å². The molecular weight excluding hydrogens is 162 g/mol. The zero-order chi connectivity index (χ0) is 10.3. The summed E-state index contributed by atoms with van der Waals surface area (Å²) in [7, 11) is 0. The van der Waals surface area contributed by atoms with Crippen molar-refractivity contribution in [1.29, 1.82) is 0 Å². The molecule has 0 radical (unpaired) electrons. The molecule has 0 fully saturated rings. The van der Waals surface area contributed by atoms with Crippen LogP contribution >= 0.6 is 0 Å². The van der Waals surface area contributed by atoms with Crippen LogP contribution in [-0.4, -0.2) is 30.3 Å². The van der Waals surface area contributed by atoms with Crippen LogP contribution in [0.25, 0.3) is 0 Å². The van der Waals surface area contributed by atoms with Crippen LogP contribution in [0.4, 0.5) is 0 Å². The molecule has 0 aromatic rings. The number of hydrogen-bond acceptors (Lipinski definition) is 2. The lowest BCUT2D eigenvalue weighted by molar-refractivity contribution is -0.120. The van der Waals surface area contributed by atoms with E-state index < -0.39 is 0 Å². The molecule has 0 saturated heterocycles. The van der Waals surface area contributed by atoms with Crippen molar-refractivity contribution in [1.82, 2.24) is 4.90 Å². The number of ketones is 1. The second-order valence-corrected chi connectivity index (χ2v) is 3.91. The first-order valence-corrected chi connectivity index (χ1v) is 5.34. The first-order valence-electron chi connectivity index (χ1n) is 5.34. The Morgan fingerprint density at radius 3 is 2.15 bits per heavy atom. The minimum atomic E-state index is 0.405. The van der Waals surface area contributed by atoms with Crippen LogP contribution in [0, 0.1) is 5.92 Å². The molecule has 0 amide bonds. The van der Waals surface area contributed by atoms with E-state index in [0.29, 0.717) is 11.7 Å². The monoisotopic (exact) mass is 185 g/mol. The van der Waals surface area contributed by atoms with Gasteiger partial charge in [0.25, 0.3) is 0 Å². The first-order chi connectivity index (χ1) is 6.10. The third-order valence-corrected chi connectivity index (χ3v) is 2.24. The van der Waals surface area contributed by atoms with Crippen molar-refractivity contribution in [3.63, 3.8) is 0 Å². The summed E-state index contributed by atoms with van der Waals surface area (Å²) >= 11 is 0. The van der Waals surface area contributed by atoms with Gasteiger partial charge in [0.05, 0.1) is 0 Å². The Kier molecular flexibility index (Phi) is 6.87. The molecule has 0 aliphatic carbocycles. The average Bonchev–Trinajstić information content (AvgIpc) is 2.05.